The van der Waals surface area contributed by atoms with Gasteiger partial charge in [-0.1, -0.05) is 48.0 Å². The van der Waals surface area contributed by atoms with Crippen LogP contribution in [-0.4, -0.2) is 6.04 Å². The van der Waals surface area contributed by atoms with Crippen molar-refractivity contribution in [1.29, 1.82) is 0 Å². The molecule has 0 aliphatic carbocycles. The average Bonchev–Trinajstić information content (AvgIpc) is 2.03. The Morgan fingerprint density at radius 2 is 1.77 bits per heavy atom. The van der Waals surface area contributed by atoms with Gasteiger partial charge in [-0.25, -0.2) is 0 Å². The lowest BCUT2D eigenvalue weighted by Crippen LogP contribution is -2.26. The predicted octanol–water partition coefficient (Wildman–Crippen LogP) is 3.51. The first-order valence-corrected chi connectivity index (χ1v) is 5.41. The lowest BCUT2D eigenvalue weighted by atomic mass is 10.1. The molecule has 1 rings (SSSR count). The van der Waals surface area contributed by atoms with E-state index in [-0.39, 0.29) is 0 Å². The Kier molecular flexibility index (Phi) is 3.94. The van der Waals surface area contributed by atoms with E-state index in [2.05, 4.69) is 60.2 Å². The molecule has 1 atom stereocenters. The van der Waals surface area contributed by atoms with Crippen molar-refractivity contribution in [3.63, 3.8) is 0 Å². The van der Waals surface area contributed by atoms with E-state index in [1.54, 1.807) is 0 Å². The lowest BCUT2D eigenvalue weighted by Gasteiger charge is -2.18. The summed E-state index contributed by atoms with van der Waals surface area (Å²) >= 11 is 3.55. The highest BCUT2D eigenvalue weighted by atomic mass is 79.9. The van der Waals surface area contributed by atoms with Crippen molar-refractivity contribution in [3.8, 4) is 0 Å². The zero-order valence-corrected chi connectivity index (χ0v) is 9.93. The number of hydrogen-bond acceptors (Lipinski definition) is 1. The first kappa shape index (κ1) is 10.7. The summed E-state index contributed by atoms with van der Waals surface area (Å²) in [6, 6.07) is 9.24. The fraction of sp³-hybridized carbons (Fsp3) is 0.455. The van der Waals surface area contributed by atoms with Gasteiger partial charge in [0.25, 0.3) is 0 Å². The summed E-state index contributed by atoms with van der Waals surface area (Å²) in [7, 11) is 0. The zero-order valence-electron chi connectivity index (χ0n) is 8.34. The van der Waals surface area contributed by atoms with Crippen LogP contribution in [0.2, 0.25) is 0 Å². The maximum atomic E-state index is 3.55. The van der Waals surface area contributed by atoms with Gasteiger partial charge in [0.05, 0.1) is 0 Å². The minimum atomic E-state index is 0.399. The van der Waals surface area contributed by atoms with Crippen molar-refractivity contribution >= 4 is 15.9 Å². The normalized spacial score (nSPS) is 13.3. The molecule has 0 saturated heterocycles. The molecule has 2 heteroatoms. The number of halogens is 1. The third-order valence-electron chi connectivity index (χ3n) is 1.96. The summed E-state index contributed by atoms with van der Waals surface area (Å²) in [6.45, 7) is 6.50. The zero-order chi connectivity index (χ0) is 9.84. The standard InChI is InChI=1S/C11H16BrN/c1-8(2)13-9(3)10-6-4-5-7-11(10)12/h4-9,13H,1-3H3/t9-/m0/s1. The quantitative estimate of drug-likeness (QED) is 0.855. The molecular weight excluding hydrogens is 226 g/mol. The number of nitrogens with one attached hydrogen (secondary N) is 1. The van der Waals surface area contributed by atoms with Crippen molar-refractivity contribution in [2.24, 2.45) is 0 Å². The van der Waals surface area contributed by atoms with Crippen molar-refractivity contribution in [2.45, 2.75) is 32.9 Å². The summed E-state index contributed by atoms with van der Waals surface area (Å²) in [5.41, 5.74) is 1.32. The molecule has 13 heavy (non-hydrogen) atoms. The van der Waals surface area contributed by atoms with Crippen LogP contribution in [0, 0.1) is 0 Å². The molecule has 0 unspecified atom stereocenters. The van der Waals surface area contributed by atoms with Crippen LogP contribution in [0.25, 0.3) is 0 Å². The van der Waals surface area contributed by atoms with Crippen LogP contribution in [0.5, 0.6) is 0 Å². The molecule has 0 radical (unpaired) electrons. The van der Waals surface area contributed by atoms with E-state index in [4.69, 9.17) is 0 Å². The first-order valence-electron chi connectivity index (χ1n) is 4.61. The second kappa shape index (κ2) is 4.77. The molecule has 0 aromatic heterocycles. The van der Waals surface area contributed by atoms with Crippen molar-refractivity contribution in [3.05, 3.63) is 34.3 Å². The third kappa shape index (κ3) is 3.12. The van der Waals surface area contributed by atoms with Gasteiger partial charge in [0.1, 0.15) is 0 Å². The molecule has 0 heterocycles. The largest absolute Gasteiger partial charge is 0.308 e. The van der Waals surface area contributed by atoms with Crippen LogP contribution in [0.15, 0.2) is 28.7 Å². The molecule has 0 bridgehead atoms. The summed E-state index contributed by atoms with van der Waals surface area (Å²) in [5.74, 6) is 0. The molecular formula is C11H16BrN. The Hall–Kier alpha value is -0.340. The molecule has 1 aromatic rings. The Balaban J connectivity index is 2.76. The smallest absolute Gasteiger partial charge is 0.0305 e. The van der Waals surface area contributed by atoms with E-state index in [1.807, 2.05) is 6.07 Å². The molecule has 1 aromatic carbocycles. The Morgan fingerprint density at radius 3 is 2.31 bits per heavy atom. The van der Waals surface area contributed by atoms with E-state index >= 15 is 0 Å². The second-order valence-corrected chi connectivity index (χ2v) is 4.42. The molecule has 0 fully saturated rings. The molecule has 0 saturated carbocycles. The molecule has 0 aliphatic heterocycles. The van der Waals surface area contributed by atoms with Crippen LogP contribution in [0.3, 0.4) is 0 Å². The Labute approximate surface area is 88.7 Å². The van der Waals surface area contributed by atoms with E-state index in [0.717, 1.165) is 0 Å². The van der Waals surface area contributed by atoms with E-state index < -0.39 is 0 Å². The molecule has 72 valence electrons. The SMILES string of the molecule is CC(C)N[C@@H](C)c1ccccc1Br. The number of rotatable bonds is 3. The summed E-state index contributed by atoms with van der Waals surface area (Å²) < 4.78 is 1.18. The maximum Gasteiger partial charge on any atom is 0.0305 e. The number of hydrogen-bond donors (Lipinski definition) is 1. The van der Waals surface area contributed by atoms with Crippen molar-refractivity contribution < 1.29 is 0 Å². The van der Waals surface area contributed by atoms with Crippen molar-refractivity contribution in [1.82, 2.24) is 5.32 Å². The molecule has 0 aliphatic rings. The Bertz CT molecular complexity index is 271. The second-order valence-electron chi connectivity index (χ2n) is 3.56. The molecule has 1 N–H and O–H groups in total. The van der Waals surface area contributed by atoms with E-state index in [1.165, 1.54) is 10.0 Å². The summed E-state index contributed by atoms with van der Waals surface area (Å²) in [6.07, 6.45) is 0. The number of benzene rings is 1. The third-order valence-corrected chi connectivity index (χ3v) is 2.68. The van der Waals surface area contributed by atoms with Crippen LogP contribution in [0.1, 0.15) is 32.4 Å². The highest BCUT2D eigenvalue weighted by Crippen LogP contribution is 2.22. The van der Waals surface area contributed by atoms with Gasteiger partial charge >= 0.3 is 0 Å². The van der Waals surface area contributed by atoms with Crippen LogP contribution in [-0.2, 0) is 0 Å². The van der Waals surface area contributed by atoms with E-state index in [0.29, 0.717) is 12.1 Å². The highest BCUT2D eigenvalue weighted by molar-refractivity contribution is 9.10. The van der Waals surface area contributed by atoms with Gasteiger partial charge in [-0.3, -0.25) is 0 Å². The molecule has 0 spiro atoms. The minimum absolute atomic E-state index is 0.399. The molecule has 0 amide bonds. The van der Waals surface area contributed by atoms with Gasteiger partial charge in [-0.05, 0) is 18.6 Å². The summed E-state index contributed by atoms with van der Waals surface area (Å²) in [5, 5.41) is 3.47. The fourth-order valence-corrected chi connectivity index (χ4v) is 2.04. The maximum absolute atomic E-state index is 3.55. The first-order chi connectivity index (χ1) is 6.11. The summed E-state index contributed by atoms with van der Waals surface area (Å²) in [4.78, 5) is 0. The Morgan fingerprint density at radius 1 is 1.15 bits per heavy atom. The van der Waals surface area contributed by atoms with Crippen LogP contribution >= 0.6 is 15.9 Å². The fourth-order valence-electron chi connectivity index (χ4n) is 1.42. The van der Waals surface area contributed by atoms with Gasteiger partial charge in [-0.2, -0.15) is 0 Å². The van der Waals surface area contributed by atoms with E-state index in [9.17, 15) is 0 Å². The molecule has 1 nitrogen and oxygen atoms in total. The monoisotopic (exact) mass is 241 g/mol. The van der Waals surface area contributed by atoms with Gasteiger partial charge in [0.15, 0.2) is 0 Å². The van der Waals surface area contributed by atoms with Gasteiger partial charge in [0, 0.05) is 16.6 Å². The van der Waals surface area contributed by atoms with Gasteiger partial charge < -0.3 is 5.32 Å². The van der Waals surface area contributed by atoms with Gasteiger partial charge in [0.2, 0.25) is 0 Å². The minimum Gasteiger partial charge on any atom is -0.308 e. The van der Waals surface area contributed by atoms with Crippen LogP contribution < -0.4 is 5.32 Å². The van der Waals surface area contributed by atoms with Crippen molar-refractivity contribution in [2.75, 3.05) is 0 Å². The van der Waals surface area contributed by atoms with Crippen LogP contribution in [0.4, 0.5) is 0 Å². The highest BCUT2D eigenvalue weighted by Gasteiger charge is 2.08. The topological polar surface area (TPSA) is 12.0 Å². The van der Waals surface area contributed by atoms with Gasteiger partial charge in [-0.15, -0.1) is 0 Å². The lowest BCUT2D eigenvalue weighted by molar-refractivity contribution is 0.505. The average molecular weight is 242 g/mol. The predicted molar refractivity (Wildman–Crippen MR) is 60.8 cm³/mol.